The molecule has 1 rings (SSSR count). The monoisotopic (exact) mass is 324 g/mol. The van der Waals surface area contributed by atoms with Crippen LogP contribution in [-0.4, -0.2) is 34.2 Å². The Balaban J connectivity index is 2.72. The molecule has 0 radical (unpaired) electrons. The summed E-state index contributed by atoms with van der Waals surface area (Å²) in [5.41, 5.74) is 0. The molecular weight excluding hydrogens is 312 g/mol. The van der Waals surface area contributed by atoms with Gasteiger partial charge < -0.3 is 10.4 Å². The standard InChI is InChI=1S/C10H14BrClN2OS/c1-6(9(5-15)16-2)14-10-8(11)3-7(12)4-13-10/h3-4,6,9,15H,5H2,1-2H3,(H,13,14). The first-order valence-corrected chi connectivity index (χ1v) is 7.25. The minimum atomic E-state index is 0.130. The lowest BCUT2D eigenvalue weighted by Gasteiger charge is -2.22. The van der Waals surface area contributed by atoms with Crippen molar-refractivity contribution in [1.82, 2.24) is 4.98 Å². The first kappa shape index (κ1) is 14.1. The van der Waals surface area contributed by atoms with Crippen molar-refractivity contribution in [1.29, 1.82) is 0 Å². The van der Waals surface area contributed by atoms with E-state index in [1.807, 2.05) is 13.2 Å². The zero-order valence-electron chi connectivity index (χ0n) is 9.08. The molecule has 0 aliphatic carbocycles. The number of halogens is 2. The first-order valence-electron chi connectivity index (χ1n) is 4.79. The number of hydrogen-bond acceptors (Lipinski definition) is 4. The molecule has 0 spiro atoms. The minimum Gasteiger partial charge on any atom is -0.395 e. The van der Waals surface area contributed by atoms with Gasteiger partial charge >= 0.3 is 0 Å². The molecule has 0 aliphatic heterocycles. The Kier molecular flexibility index (Phi) is 5.89. The molecule has 3 nitrogen and oxygen atoms in total. The molecule has 0 saturated carbocycles. The highest BCUT2D eigenvalue weighted by Gasteiger charge is 2.16. The molecule has 1 heterocycles. The number of anilines is 1. The molecule has 0 aromatic carbocycles. The third-order valence-corrected chi connectivity index (χ3v) is 4.19. The van der Waals surface area contributed by atoms with Crippen molar-refractivity contribution in [2.24, 2.45) is 0 Å². The average molecular weight is 326 g/mol. The number of aliphatic hydroxyl groups excluding tert-OH is 1. The van der Waals surface area contributed by atoms with Crippen LogP contribution in [0.15, 0.2) is 16.7 Å². The lowest BCUT2D eigenvalue weighted by molar-refractivity contribution is 0.288. The maximum atomic E-state index is 9.17. The SMILES string of the molecule is CSC(CO)C(C)Nc1ncc(Cl)cc1Br. The van der Waals surface area contributed by atoms with Crippen molar-refractivity contribution >= 4 is 45.1 Å². The lowest BCUT2D eigenvalue weighted by atomic mass is 10.2. The highest BCUT2D eigenvalue weighted by atomic mass is 79.9. The Morgan fingerprint density at radius 3 is 2.88 bits per heavy atom. The van der Waals surface area contributed by atoms with Gasteiger partial charge in [0.05, 0.1) is 16.1 Å². The molecule has 0 bridgehead atoms. The third kappa shape index (κ3) is 3.80. The lowest BCUT2D eigenvalue weighted by Crippen LogP contribution is -2.31. The summed E-state index contributed by atoms with van der Waals surface area (Å²) < 4.78 is 0.824. The van der Waals surface area contributed by atoms with Gasteiger partial charge in [-0.2, -0.15) is 11.8 Å². The molecule has 1 aromatic rings. The van der Waals surface area contributed by atoms with E-state index >= 15 is 0 Å². The molecule has 6 heteroatoms. The van der Waals surface area contributed by atoms with E-state index < -0.39 is 0 Å². The average Bonchev–Trinajstić information content (AvgIpc) is 2.24. The predicted octanol–water partition coefficient (Wildman–Crippen LogP) is 3.02. The predicted molar refractivity (Wildman–Crippen MR) is 74.4 cm³/mol. The summed E-state index contributed by atoms with van der Waals surface area (Å²) >= 11 is 10.8. The summed E-state index contributed by atoms with van der Waals surface area (Å²) in [7, 11) is 0. The van der Waals surface area contributed by atoms with Crippen LogP contribution >= 0.6 is 39.3 Å². The number of nitrogens with zero attached hydrogens (tertiary/aromatic N) is 1. The number of rotatable bonds is 5. The van der Waals surface area contributed by atoms with Gasteiger partial charge in [-0.25, -0.2) is 4.98 Å². The highest BCUT2D eigenvalue weighted by Crippen LogP contribution is 2.25. The van der Waals surface area contributed by atoms with E-state index in [4.69, 9.17) is 11.6 Å². The zero-order valence-corrected chi connectivity index (χ0v) is 12.2. The van der Waals surface area contributed by atoms with Gasteiger partial charge in [-0.05, 0) is 35.2 Å². The van der Waals surface area contributed by atoms with Crippen molar-refractivity contribution in [2.45, 2.75) is 18.2 Å². The van der Waals surface area contributed by atoms with Crippen LogP contribution < -0.4 is 5.32 Å². The Morgan fingerprint density at radius 2 is 2.38 bits per heavy atom. The Bertz CT molecular complexity index is 350. The van der Waals surface area contributed by atoms with Crippen LogP contribution in [0.3, 0.4) is 0 Å². The first-order chi connectivity index (χ1) is 7.58. The van der Waals surface area contributed by atoms with Gasteiger partial charge in [-0.15, -0.1) is 0 Å². The van der Waals surface area contributed by atoms with Crippen LogP contribution in [0.5, 0.6) is 0 Å². The van der Waals surface area contributed by atoms with Crippen LogP contribution in [0.25, 0.3) is 0 Å². The van der Waals surface area contributed by atoms with Crippen LogP contribution in [0.2, 0.25) is 5.02 Å². The molecule has 0 aliphatic rings. The van der Waals surface area contributed by atoms with Crippen LogP contribution in [0.1, 0.15) is 6.92 Å². The molecule has 16 heavy (non-hydrogen) atoms. The molecule has 1 aromatic heterocycles. The van der Waals surface area contributed by atoms with E-state index in [1.165, 1.54) is 0 Å². The van der Waals surface area contributed by atoms with Gasteiger partial charge in [0.25, 0.3) is 0 Å². The second-order valence-corrected chi connectivity index (χ2v) is 5.74. The summed E-state index contributed by atoms with van der Waals surface area (Å²) in [6.45, 7) is 2.15. The Hall–Kier alpha value is 0.0300. The van der Waals surface area contributed by atoms with E-state index in [0.29, 0.717) is 5.02 Å². The van der Waals surface area contributed by atoms with Gasteiger partial charge in [0.15, 0.2) is 0 Å². The molecule has 0 fully saturated rings. The zero-order chi connectivity index (χ0) is 12.1. The van der Waals surface area contributed by atoms with Gasteiger partial charge in [0.1, 0.15) is 5.82 Å². The van der Waals surface area contributed by atoms with Gasteiger partial charge in [-0.3, -0.25) is 0 Å². The molecular formula is C10H14BrClN2OS. The minimum absolute atomic E-state index is 0.130. The molecule has 2 unspecified atom stereocenters. The van der Waals surface area contributed by atoms with E-state index in [-0.39, 0.29) is 17.9 Å². The number of aliphatic hydroxyl groups is 1. The molecule has 2 N–H and O–H groups in total. The molecule has 0 amide bonds. The van der Waals surface area contributed by atoms with E-state index in [9.17, 15) is 5.11 Å². The third-order valence-electron chi connectivity index (χ3n) is 2.21. The number of nitrogens with one attached hydrogen (secondary N) is 1. The molecule has 90 valence electrons. The molecule has 0 saturated heterocycles. The number of hydrogen-bond donors (Lipinski definition) is 2. The van der Waals surface area contributed by atoms with Crippen LogP contribution in [0, 0.1) is 0 Å². The van der Waals surface area contributed by atoms with Gasteiger partial charge in [0, 0.05) is 17.5 Å². The quantitative estimate of drug-likeness (QED) is 0.873. The second kappa shape index (κ2) is 6.69. The van der Waals surface area contributed by atoms with Gasteiger partial charge in [-0.1, -0.05) is 11.6 Å². The summed E-state index contributed by atoms with van der Waals surface area (Å²) in [5, 5.41) is 13.1. The topological polar surface area (TPSA) is 45.1 Å². The maximum Gasteiger partial charge on any atom is 0.140 e. The summed E-state index contributed by atoms with van der Waals surface area (Å²) in [5.74, 6) is 0.740. The van der Waals surface area contributed by atoms with Crippen molar-refractivity contribution in [2.75, 3.05) is 18.2 Å². The van der Waals surface area contributed by atoms with E-state index in [0.717, 1.165) is 10.3 Å². The Labute approximate surface area is 113 Å². The normalized spacial score (nSPS) is 14.6. The summed E-state index contributed by atoms with van der Waals surface area (Å²) in [6.07, 6.45) is 3.57. The number of pyridine rings is 1. The van der Waals surface area contributed by atoms with Crippen molar-refractivity contribution < 1.29 is 5.11 Å². The fraction of sp³-hybridized carbons (Fsp3) is 0.500. The van der Waals surface area contributed by atoms with Crippen LogP contribution in [-0.2, 0) is 0 Å². The largest absolute Gasteiger partial charge is 0.395 e. The van der Waals surface area contributed by atoms with Crippen molar-refractivity contribution in [3.63, 3.8) is 0 Å². The van der Waals surface area contributed by atoms with Gasteiger partial charge in [0.2, 0.25) is 0 Å². The summed E-state index contributed by atoms with van der Waals surface area (Å²) in [6, 6.07) is 1.92. The number of aromatic nitrogens is 1. The smallest absolute Gasteiger partial charge is 0.140 e. The van der Waals surface area contributed by atoms with E-state index in [2.05, 4.69) is 26.2 Å². The molecule has 2 atom stereocenters. The fourth-order valence-corrected chi connectivity index (χ4v) is 2.64. The second-order valence-electron chi connectivity index (χ2n) is 3.37. The Morgan fingerprint density at radius 1 is 1.69 bits per heavy atom. The highest BCUT2D eigenvalue weighted by molar-refractivity contribution is 9.10. The van der Waals surface area contributed by atoms with E-state index in [1.54, 1.807) is 24.0 Å². The maximum absolute atomic E-state index is 9.17. The van der Waals surface area contributed by atoms with Crippen LogP contribution in [0.4, 0.5) is 5.82 Å². The van der Waals surface area contributed by atoms with Crippen molar-refractivity contribution in [3.05, 3.63) is 21.8 Å². The number of thioether (sulfide) groups is 1. The van der Waals surface area contributed by atoms with Crippen molar-refractivity contribution in [3.8, 4) is 0 Å². The summed E-state index contributed by atoms with van der Waals surface area (Å²) in [4.78, 5) is 4.19. The fourth-order valence-electron chi connectivity index (χ4n) is 1.27.